The molecule has 0 aliphatic carbocycles. The maximum atomic E-state index is 13.7. The third kappa shape index (κ3) is 3.53. The fraction of sp³-hybridized carbons (Fsp3) is 0.222. The number of nitro benzene ring substituents is 1. The minimum Gasteiger partial charge on any atom is -0.375 e. The molecule has 0 saturated carbocycles. The van der Waals surface area contributed by atoms with Gasteiger partial charge >= 0.3 is 0 Å². The summed E-state index contributed by atoms with van der Waals surface area (Å²) < 4.78 is 13.7. The summed E-state index contributed by atoms with van der Waals surface area (Å²) in [7, 11) is 0. The molecule has 1 heterocycles. The number of hydrogen-bond donors (Lipinski definition) is 1. The number of nitro groups is 1. The summed E-state index contributed by atoms with van der Waals surface area (Å²) in [5, 5.41) is 14.2. The molecule has 134 valence electrons. The normalized spacial score (nSPS) is 14.4. The van der Waals surface area contributed by atoms with Crippen LogP contribution in [0.1, 0.15) is 24.8 Å². The van der Waals surface area contributed by atoms with Crippen LogP contribution in [-0.4, -0.2) is 16.7 Å². The summed E-state index contributed by atoms with van der Waals surface area (Å²) in [5.74, 6) is -1.16. The Kier molecular flexibility index (Phi) is 4.92. The van der Waals surface area contributed by atoms with Gasteiger partial charge in [0.25, 0.3) is 5.69 Å². The Bertz CT molecular complexity index is 868. The largest absolute Gasteiger partial charge is 0.375 e. The topological polar surface area (TPSA) is 92.6 Å². The molecule has 0 spiro atoms. The van der Waals surface area contributed by atoms with Crippen LogP contribution in [0.4, 0.5) is 21.5 Å². The standard InChI is InChI=1S/C18H16FN3O4/c19-14-5-2-1-4-12(14)11-20-15-9-8-13(10-16(15)22(25)26)21-17(23)6-3-7-18(21)24/h1-2,4-5,8-10,20H,3,6-7,11H2. The average molecular weight is 357 g/mol. The first-order valence-corrected chi connectivity index (χ1v) is 8.09. The first-order valence-electron chi connectivity index (χ1n) is 8.09. The molecular formula is C18H16FN3O4. The number of nitrogens with zero attached hydrogens (tertiary/aromatic N) is 2. The monoisotopic (exact) mass is 357 g/mol. The number of hydrogen-bond acceptors (Lipinski definition) is 5. The zero-order valence-corrected chi connectivity index (χ0v) is 13.8. The van der Waals surface area contributed by atoms with Gasteiger partial charge in [-0.05, 0) is 24.6 Å². The highest BCUT2D eigenvalue weighted by Crippen LogP contribution is 2.32. The molecule has 2 aromatic rings. The molecule has 1 aliphatic rings. The van der Waals surface area contributed by atoms with Gasteiger partial charge in [-0.2, -0.15) is 0 Å². The van der Waals surface area contributed by atoms with E-state index < -0.39 is 10.7 Å². The quantitative estimate of drug-likeness (QED) is 0.503. The summed E-state index contributed by atoms with van der Waals surface area (Å²) in [6.45, 7) is 0.0639. The third-order valence-electron chi connectivity index (χ3n) is 4.14. The predicted molar refractivity (Wildman–Crippen MR) is 93.2 cm³/mol. The van der Waals surface area contributed by atoms with Crippen LogP contribution >= 0.6 is 0 Å². The van der Waals surface area contributed by atoms with E-state index in [1.807, 2.05) is 0 Å². The Balaban J connectivity index is 1.87. The summed E-state index contributed by atoms with van der Waals surface area (Å²) in [5.41, 5.74) is 0.430. The molecule has 1 saturated heterocycles. The lowest BCUT2D eigenvalue weighted by Crippen LogP contribution is -2.40. The highest BCUT2D eigenvalue weighted by Gasteiger charge is 2.29. The summed E-state index contributed by atoms with van der Waals surface area (Å²) in [6.07, 6.45) is 0.943. The number of imide groups is 1. The Morgan fingerprint density at radius 1 is 1.12 bits per heavy atom. The summed E-state index contributed by atoms with van der Waals surface area (Å²) >= 11 is 0. The molecule has 2 aromatic carbocycles. The number of anilines is 2. The number of amides is 2. The minimum atomic E-state index is -0.605. The molecule has 26 heavy (non-hydrogen) atoms. The van der Waals surface area contributed by atoms with Gasteiger partial charge in [-0.25, -0.2) is 4.39 Å². The van der Waals surface area contributed by atoms with Gasteiger partial charge in [-0.15, -0.1) is 0 Å². The molecule has 3 rings (SSSR count). The molecule has 1 N–H and O–H groups in total. The lowest BCUT2D eigenvalue weighted by molar-refractivity contribution is -0.383. The number of benzene rings is 2. The van der Waals surface area contributed by atoms with Crippen molar-refractivity contribution in [2.75, 3.05) is 10.2 Å². The van der Waals surface area contributed by atoms with Crippen molar-refractivity contribution in [1.29, 1.82) is 0 Å². The van der Waals surface area contributed by atoms with Gasteiger partial charge in [0, 0.05) is 31.0 Å². The van der Waals surface area contributed by atoms with Crippen molar-refractivity contribution in [2.24, 2.45) is 0 Å². The van der Waals surface area contributed by atoms with E-state index in [2.05, 4.69) is 5.32 Å². The second-order valence-corrected chi connectivity index (χ2v) is 5.88. The maximum Gasteiger partial charge on any atom is 0.294 e. The zero-order valence-electron chi connectivity index (χ0n) is 13.8. The van der Waals surface area contributed by atoms with Crippen LogP contribution in [0.15, 0.2) is 42.5 Å². The van der Waals surface area contributed by atoms with Crippen LogP contribution in [0.5, 0.6) is 0 Å². The highest BCUT2D eigenvalue weighted by molar-refractivity contribution is 6.16. The number of rotatable bonds is 5. The lowest BCUT2D eigenvalue weighted by atomic mass is 10.1. The van der Waals surface area contributed by atoms with E-state index in [0.29, 0.717) is 12.0 Å². The maximum absolute atomic E-state index is 13.7. The van der Waals surface area contributed by atoms with Crippen LogP contribution in [0.3, 0.4) is 0 Å². The number of halogens is 1. The Morgan fingerprint density at radius 2 is 1.81 bits per heavy atom. The first kappa shape index (κ1) is 17.5. The summed E-state index contributed by atoms with van der Waals surface area (Å²) in [6, 6.07) is 10.2. The van der Waals surface area contributed by atoms with Gasteiger partial charge in [0.2, 0.25) is 11.8 Å². The molecule has 7 nitrogen and oxygen atoms in total. The van der Waals surface area contributed by atoms with Crippen molar-refractivity contribution in [1.82, 2.24) is 0 Å². The van der Waals surface area contributed by atoms with Crippen LogP contribution in [0, 0.1) is 15.9 Å². The van der Waals surface area contributed by atoms with Crippen LogP contribution < -0.4 is 10.2 Å². The van der Waals surface area contributed by atoms with Crippen molar-refractivity contribution in [3.05, 3.63) is 64.0 Å². The third-order valence-corrected chi connectivity index (χ3v) is 4.14. The van der Waals surface area contributed by atoms with E-state index in [9.17, 15) is 24.1 Å². The number of carbonyl (C=O) groups is 2. The van der Waals surface area contributed by atoms with Crippen molar-refractivity contribution in [3.8, 4) is 0 Å². The van der Waals surface area contributed by atoms with E-state index in [4.69, 9.17) is 0 Å². The average Bonchev–Trinajstić information content (AvgIpc) is 2.61. The smallest absolute Gasteiger partial charge is 0.294 e. The number of piperidine rings is 1. The van der Waals surface area contributed by atoms with E-state index in [-0.39, 0.29) is 48.3 Å². The molecule has 0 radical (unpaired) electrons. The van der Waals surface area contributed by atoms with Gasteiger partial charge in [0.1, 0.15) is 11.5 Å². The van der Waals surface area contributed by atoms with Gasteiger partial charge in [0.05, 0.1) is 10.6 Å². The fourth-order valence-corrected chi connectivity index (χ4v) is 2.83. The molecule has 0 unspecified atom stereocenters. The SMILES string of the molecule is O=C1CCCC(=O)N1c1ccc(NCc2ccccc2F)c([N+](=O)[O-])c1. The second kappa shape index (κ2) is 7.30. The Morgan fingerprint density at radius 3 is 2.46 bits per heavy atom. The lowest BCUT2D eigenvalue weighted by Gasteiger charge is -2.25. The predicted octanol–water partition coefficient (Wildman–Crippen LogP) is 3.39. The van der Waals surface area contributed by atoms with Gasteiger partial charge in [-0.1, -0.05) is 18.2 Å². The molecular weight excluding hydrogens is 341 g/mol. The van der Waals surface area contributed by atoms with Crippen molar-refractivity contribution < 1.29 is 18.9 Å². The summed E-state index contributed by atoms with van der Waals surface area (Å²) in [4.78, 5) is 35.8. The second-order valence-electron chi connectivity index (χ2n) is 5.88. The Hall–Kier alpha value is -3.29. The molecule has 1 aliphatic heterocycles. The van der Waals surface area contributed by atoms with Crippen LogP contribution in [-0.2, 0) is 16.1 Å². The zero-order chi connectivity index (χ0) is 18.7. The van der Waals surface area contributed by atoms with E-state index in [1.54, 1.807) is 18.2 Å². The van der Waals surface area contributed by atoms with E-state index in [0.717, 1.165) is 4.90 Å². The number of carbonyl (C=O) groups excluding carboxylic acids is 2. The molecule has 8 heteroatoms. The van der Waals surface area contributed by atoms with Gasteiger partial charge < -0.3 is 5.32 Å². The van der Waals surface area contributed by atoms with Crippen molar-refractivity contribution in [3.63, 3.8) is 0 Å². The highest BCUT2D eigenvalue weighted by atomic mass is 19.1. The molecule has 0 bridgehead atoms. The van der Waals surface area contributed by atoms with E-state index >= 15 is 0 Å². The number of nitrogens with one attached hydrogen (secondary N) is 1. The van der Waals surface area contributed by atoms with Crippen molar-refractivity contribution in [2.45, 2.75) is 25.8 Å². The van der Waals surface area contributed by atoms with Crippen LogP contribution in [0.2, 0.25) is 0 Å². The van der Waals surface area contributed by atoms with Gasteiger partial charge in [-0.3, -0.25) is 24.6 Å². The minimum absolute atomic E-state index is 0.0639. The molecule has 2 amide bonds. The molecule has 1 fully saturated rings. The molecule has 0 atom stereocenters. The van der Waals surface area contributed by atoms with Crippen molar-refractivity contribution >= 4 is 28.9 Å². The molecule has 0 aromatic heterocycles. The Labute approximate surface area is 148 Å². The van der Waals surface area contributed by atoms with Gasteiger partial charge in [0.15, 0.2) is 0 Å². The first-order chi connectivity index (χ1) is 12.5. The fourth-order valence-electron chi connectivity index (χ4n) is 2.83. The van der Waals surface area contributed by atoms with Crippen LogP contribution in [0.25, 0.3) is 0 Å². The van der Waals surface area contributed by atoms with E-state index in [1.165, 1.54) is 24.3 Å².